The molecule has 1 unspecified atom stereocenters. The number of rotatable bonds is 3. The van der Waals surface area contributed by atoms with Crippen molar-refractivity contribution in [2.45, 2.75) is 12.8 Å². The number of carbonyl (C=O) groups is 1. The Morgan fingerprint density at radius 3 is 2.78 bits per heavy atom. The van der Waals surface area contributed by atoms with E-state index < -0.39 is 17.7 Å². The minimum Gasteiger partial charge on any atom is -0.481 e. The molecule has 92 valence electrons. The molecule has 0 saturated carbocycles. The van der Waals surface area contributed by atoms with Crippen LogP contribution in [0.1, 0.15) is 18.4 Å². The topological polar surface area (TPSA) is 49.3 Å². The monoisotopic (exact) mass is 245 g/mol. The zero-order chi connectivity index (χ0) is 13.1. The molecule has 1 aliphatic heterocycles. The highest BCUT2D eigenvalue weighted by molar-refractivity contribution is 6.76. The van der Waals surface area contributed by atoms with E-state index in [-0.39, 0.29) is 6.85 Å². The number of hydrogen-bond donors (Lipinski definition) is 2. The summed E-state index contributed by atoms with van der Waals surface area (Å²) < 4.78 is 14.0. The van der Waals surface area contributed by atoms with Crippen molar-refractivity contribution in [3.8, 4) is 0 Å². The average molecular weight is 245 g/mol. The molecule has 1 aliphatic rings. The third-order valence-corrected chi connectivity index (χ3v) is 3.02. The van der Waals surface area contributed by atoms with E-state index in [1.54, 1.807) is 18.3 Å². The zero-order valence-corrected chi connectivity index (χ0v) is 9.93. The second-order valence-corrected chi connectivity index (χ2v) is 4.23. The summed E-state index contributed by atoms with van der Waals surface area (Å²) in [5.41, 5.74) is 0.982. The predicted octanol–water partition coefficient (Wildman–Crippen LogP) is 1.42. The van der Waals surface area contributed by atoms with Gasteiger partial charge in [0.2, 0.25) is 0 Å². The van der Waals surface area contributed by atoms with Gasteiger partial charge in [-0.2, -0.15) is 0 Å². The van der Waals surface area contributed by atoms with Crippen molar-refractivity contribution in [3.05, 3.63) is 53.9 Å². The van der Waals surface area contributed by atoms with Crippen LogP contribution in [0.15, 0.2) is 42.5 Å². The molecule has 0 aromatic heterocycles. The molecule has 3 nitrogen and oxygen atoms in total. The lowest BCUT2D eigenvalue weighted by Crippen LogP contribution is -2.43. The average Bonchev–Trinajstić information content (AvgIpc) is 2.38. The van der Waals surface area contributed by atoms with Crippen LogP contribution in [-0.2, 0) is 4.79 Å². The molecule has 0 aliphatic carbocycles. The molecule has 2 rings (SSSR count). The lowest BCUT2D eigenvalue weighted by Gasteiger charge is -2.14. The van der Waals surface area contributed by atoms with E-state index in [0.29, 0.717) is 11.0 Å². The number of nitrogens with one attached hydrogen (secondary N) is 1. The van der Waals surface area contributed by atoms with E-state index in [4.69, 9.17) is 5.11 Å². The fraction of sp³-hybridized carbons (Fsp3) is 0.154. The molecule has 1 atom stereocenters. The number of aliphatic carboxylic acids is 1. The fourth-order valence-corrected chi connectivity index (χ4v) is 1.85. The van der Waals surface area contributed by atoms with Gasteiger partial charge in [-0.05, 0) is 36.3 Å². The first kappa shape index (κ1) is 12.4. The molecule has 5 heteroatoms. The van der Waals surface area contributed by atoms with Crippen molar-refractivity contribution >= 4 is 18.3 Å². The van der Waals surface area contributed by atoms with E-state index in [2.05, 4.69) is 5.23 Å². The molecule has 0 radical (unpaired) electrons. The summed E-state index contributed by atoms with van der Waals surface area (Å²) in [7, 11) is 0. The van der Waals surface area contributed by atoms with E-state index >= 15 is 0 Å². The van der Waals surface area contributed by atoms with Crippen LogP contribution in [0.5, 0.6) is 0 Å². The Morgan fingerprint density at radius 2 is 2.22 bits per heavy atom. The van der Waals surface area contributed by atoms with Crippen LogP contribution in [0, 0.1) is 5.82 Å². The van der Waals surface area contributed by atoms with Gasteiger partial charge < -0.3 is 10.3 Å². The largest absolute Gasteiger partial charge is 0.481 e. The molecular weight excluding hydrogens is 232 g/mol. The number of hydrogen-bond acceptors (Lipinski definition) is 2. The molecule has 0 bridgehead atoms. The summed E-state index contributed by atoms with van der Waals surface area (Å²) in [6.45, 7) is 1.34. The Bertz CT molecular complexity index is 528. The maximum atomic E-state index is 14.0. The Hall–Kier alpha value is -2.04. The maximum Gasteiger partial charge on any atom is 0.315 e. The molecule has 1 heterocycles. The number of carboxylic acid groups (broad SMARTS) is 1. The highest BCUT2D eigenvalue weighted by Crippen LogP contribution is 2.15. The van der Waals surface area contributed by atoms with E-state index in [1.807, 2.05) is 18.1 Å². The lowest BCUT2D eigenvalue weighted by atomic mass is 9.55. The summed E-state index contributed by atoms with van der Waals surface area (Å²) >= 11 is 0. The first-order chi connectivity index (χ1) is 8.59. The van der Waals surface area contributed by atoms with Gasteiger partial charge in [-0.3, -0.25) is 4.79 Å². The minimum absolute atomic E-state index is 0.204. The molecule has 0 spiro atoms. The third kappa shape index (κ3) is 2.45. The highest BCUT2D eigenvalue weighted by Gasteiger charge is 2.20. The van der Waals surface area contributed by atoms with Gasteiger partial charge in [-0.15, -0.1) is 0 Å². The van der Waals surface area contributed by atoms with Gasteiger partial charge in [0.1, 0.15) is 5.82 Å². The first-order valence-corrected chi connectivity index (χ1v) is 5.71. The molecular formula is C13H13BFNO2. The summed E-state index contributed by atoms with van der Waals surface area (Å²) in [4.78, 5) is 10.8. The van der Waals surface area contributed by atoms with E-state index in [9.17, 15) is 9.18 Å². The number of halogens is 1. The van der Waals surface area contributed by atoms with Gasteiger partial charge >= 0.3 is 12.8 Å². The number of carboxylic acids is 1. The van der Waals surface area contributed by atoms with Crippen LogP contribution in [0.4, 0.5) is 4.39 Å². The zero-order valence-electron chi connectivity index (χ0n) is 9.93. The summed E-state index contributed by atoms with van der Waals surface area (Å²) in [6.07, 6.45) is 5.42. The Kier molecular flexibility index (Phi) is 3.51. The Labute approximate surface area is 105 Å². The number of benzene rings is 1. The standard InChI is InChI=1S/C13H13BFNO2/c1-9(13(17)18)10-4-5-11(12(15)8-10)14-6-2-3-7-16-14/h2-9,16H,1H3,(H,17,18). The lowest BCUT2D eigenvalue weighted by molar-refractivity contribution is -0.138. The van der Waals surface area contributed by atoms with Crippen molar-refractivity contribution in [1.29, 1.82) is 0 Å². The first-order valence-electron chi connectivity index (χ1n) is 5.71. The Balaban J connectivity index is 2.28. The second-order valence-electron chi connectivity index (χ2n) is 4.23. The Morgan fingerprint density at radius 1 is 1.44 bits per heavy atom. The SMILES string of the molecule is CC(C(=O)O)c1ccc(B2C=CC=CN2)c(F)c1. The summed E-state index contributed by atoms with van der Waals surface area (Å²) in [5, 5.41) is 11.9. The van der Waals surface area contributed by atoms with Gasteiger partial charge in [0, 0.05) is 0 Å². The van der Waals surface area contributed by atoms with Crippen LogP contribution < -0.4 is 10.7 Å². The number of allylic oxidation sites excluding steroid dienone is 2. The minimum atomic E-state index is -0.958. The summed E-state index contributed by atoms with van der Waals surface area (Å²) in [6, 6.07) is 4.58. The van der Waals surface area contributed by atoms with Gasteiger partial charge in [0.15, 0.2) is 0 Å². The van der Waals surface area contributed by atoms with Gasteiger partial charge in [0.25, 0.3) is 0 Å². The second kappa shape index (κ2) is 5.08. The van der Waals surface area contributed by atoms with Crippen molar-refractivity contribution in [3.63, 3.8) is 0 Å². The van der Waals surface area contributed by atoms with Crippen molar-refractivity contribution in [1.82, 2.24) is 5.23 Å². The third-order valence-electron chi connectivity index (χ3n) is 3.02. The highest BCUT2D eigenvalue weighted by atomic mass is 19.1. The fourth-order valence-electron chi connectivity index (χ4n) is 1.85. The summed E-state index contributed by atoms with van der Waals surface area (Å²) in [5.74, 6) is -0.208. The smallest absolute Gasteiger partial charge is 0.315 e. The predicted molar refractivity (Wildman–Crippen MR) is 69.3 cm³/mol. The van der Waals surface area contributed by atoms with Crippen LogP contribution in [-0.4, -0.2) is 17.9 Å². The molecule has 0 fully saturated rings. The molecule has 2 N–H and O–H groups in total. The molecule has 18 heavy (non-hydrogen) atoms. The maximum absolute atomic E-state index is 14.0. The van der Waals surface area contributed by atoms with Gasteiger partial charge in [-0.25, -0.2) is 4.39 Å². The van der Waals surface area contributed by atoms with E-state index in [1.165, 1.54) is 13.0 Å². The van der Waals surface area contributed by atoms with Crippen LogP contribution in [0.2, 0.25) is 0 Å². The molecule has 1 aromatic carbocycles. The van der Waals surface area contributed by atoms with Gasteiger partial charge in [0.05, 0.1) is 5.92 Å². The van der Waals surface area contributed by atoms with Crippen molar-refractivity contribution in [2.75, 3.05) is 0 Å². The van der Waals surface area contributed by atoms with Crippen LogP contribution in [0.25, 0.3) is 0 Å². The molecule has 1 aromatic rings. The molecule has 0 saturated heterocycles. The van der Waals surface area contributed by atoms with Crippen LogP contribution >= 0.6 is 0 Å². The van der Waals surface area contributed by atoms with Gasteiger partial charge in [-0.1, -0.05) is 24.2 Å². The normalized spacial score (nSPS) is 15.3. The van der Waals surface area contributed by atoms with E-state index in [0.717, 1.165) is 0 Å². The van der Waals surface area contributed by atoms with Crippen molar-refractivity contribution < 1.29 is 14.3 Å². The van der Waals surface area contributed by atoms with Crippen molar-refractivity contribution in [2.24, 2.45) is 0 Å². The van der Waals surface area contributed by atoms with Crippen LogP contribution in [0.3, 0.4) is 0 Å². The molecule has 0 amide bonds. The quantitative estimate of drug-likeness (QED) is 0.792.